The van der Waals surface area contributed by atoms with Crippen molar-refractivity contribution >= 4 is 26.7 Å². The third-order valence-corrected chi connectivity index (χ3v) is 6.42. The highest BCUT2D eigenvalue weighted by atomic mass is 32.2. The fraction of sp³-hybridized carbons (Fsp3) is 0.294. The largest absolute Gasteiger partial charge is 0.369 e. The number of hydrogen-bond acceptors (Lipinski definition) is 5. The van der Waals surface area contributed by atoms with Gasteiger partial charge in [0.05, 0.1) is 22.0 Å². The van der Waals surface area contributed by atoms with Gasteiger partial charge in [-0.3, -0.25) is 4.57 Å². The monoisotopic (exact) mass is 342 g/mol. The lowest BCUT2D eigenvalue weighted by Crippen LogP contribution is -2.19. The molecule has 124 valence electrons. The molecule has 7 heteroatoms. The number of fused-ring (bicyclic) bond motifs is 1. The zero-order valence-electron chi connectivity index (χ0n) is 13.1. The number of aromatic nitrogens is 3. The van der Waals surface area contributed by atoms with Crippen LogP contribution in [0.1, 0.15) is 12.8 Å². The quantitative estimate of drug-likeness (QED) is 0.744. The zero-order chi connectivity index (χ0) is 16.6. The van der Waals surface area contributed by atoms with Crippen LogP contribution in [0.25, 0.3) is 16.9 Å². The smallest absolute Gasteiger partial charge is 0.154 e. The highest BCUT2D eigenvalue weighted by molar-refractivity contribution is 7.92. The summed E-state index contributed by atoms with van der Waals surface area (Å²) in [6.07, 6.45) is 3.36. The van der Waals surface area contributed by atoms with Crippen LogP contribution >= 0.6 is 0 Å². The highest BCUT2D eigenvalue weighted by Gasteiger charge is 2.34. The fourth-order valence-corrected chi connectivity index (χ4v) is 4.29. The maximum Gasteiger partial charge on any atom is 0.154 e. The number of nitrogens with one attached hydrogen (secondary N) is 1. The number of para-hydroxylation sites is 2. The molecule has 1 N–H and O–H groups in total. The molecule has 0 aliphatic heterocycles. The molecule has 1 aliphatic carbocycles. The maximum absolute atomic E-state index is 11.9. The molecule has 0 atom stereocenters. The van der Waals surface area contributed by atoms with Gasteiger partial charge in [0.2, 0.25) is 0 Å². The Balaban J connectivity index is 1.51. The molecule has 4 rings (SSSR count). The zero-order valence-corrected chi connectivity index (χ0v) is 13.9. The topological polar surface area (TPSA) is 76.9 Å². The van der Waals surface area contributed by atoms with E-state index in [1.165, 1.54) is 0 Å². The summed E-state index contributed by atoms with van der Waals surface area (Å²) < 4.78 is 25.7. The Morgan fingerprint density at radius 2 is 1.96 bits per heavy atom. The second kappa shape index (κ2) is 5.90. The summed E-state index contributed by atoms with van der Waals surface area (Å²) in [6, 6.07) is 13.5. The van der Waals surface area contributed by atoms with Gasteiger partial charge in [0.1, 0.15) is 18.0 Å². The number of hydrogen-bond donors (Lipinski definition) is 1. The lowest BCUT2D eigenvalue weighted by atomic mass is 10.3. The Kier molecular flexibility index (Phi) is 3.72. The van der Waals surface area contributed by atoms with Crippen molar-refractivity contribution in [2.24, 2.45) is 0 Å². The van der Waals surface area contributed by atoms with Crippen LogP contribution in [-0.4, -0.2) is 40.5 Å². The first-order valence-electron chi connectivity index (χ1n) is 7.98. The predicted octanol–water partition coefficient (Wildman–Crippen LogP) is 2.41. The van der Waals surface area contributed by atoms with Gasteiger partial charge in [0.15, 0.2) is 9.84 Å². The number of anilines is 1. The molecule has 0 bridgehead atoms. The number of nitrogens with zero attached hydrogens (tertiary/aromatic N) is 3. The van der Waals surface area contributed by atoms with E-state index < -0.39 is 9.84 Å². The second-order valence-corrected chi connectivity index (χ2v) is 8.38. The molecule has 0 saturated heterocycles. The van der Waals surface area contributed by atoms with Crippen LogP contribution in [0.4, 0.5) is 5.82 Å². The van der Waals surface area contributed by atoms with Gasteiger partial charge < -0.3 is 5.32 Å². The molecule has 24 heavy (non-hydrogen) atoms. The van der Waals surface area contributed by atoms with Crippen LogP contribution in [0, 0.1) is 0 Å². The van der Waals surface area contributed by atoms with Crippen LogP contribution in [0.2, 0.25) is 0 Å². The van der Waals surface area contributed by atoms with Gasteiger partial charge in [-0.2, -0.15) is 0 Å². The average Bonchev–Trinajstić information content (AvgIpc) is 3.36. The van der Waals surface area contributed by atoms with E-state index in [9.17, 15) is 8.42 Å². The SMILES string of the molecule is O=S(=O)(CCNc1cccc(-n2cnc3ccccc32)n1)C1CC1. The first kappa shape index (κ1) is 15.1. The van der Waals surface area contributed by atoms with Gasteiger partial charge >= 0.3 is 0 Å². The van der Waals surface area contributed by atoms with Gasteiger partial charge in [-0.15, -0.1) is 0 Å². The lowest BCUT2D eigenvalue weighted by Gasteiger charge is -2.09. The minimum atomic E-state index is -2.94. The summed E-state index contributed by atoms with van der Waals surface area (Å²) in [5.41, 5.74) is 1.90. The Labute approximate surface area is 140 Å². The highest BCUT2D eigenvalue weighted by Crippen LogP contribution is 2.28. The Morgan fingerprint density at radius 1 is 1.12 bits per heavy atom. The van der Waals surface area contributed by atoms with E-state index >= 15 is 0 Å². The first-order valence-corrected chi connectivity index (χ1v) is 9.70. The second-order valence-electron chi connectivity index (χ2n) is 5.98. The van der Waals surface area contributed by atoms with Crippen molar-refractivity contribution in [2.45, 2.75) is 18.1 Å². The molecule has 6 nitrogen and oxygen atoms in total. The normalized spacial score (nSPS) is 14.8. The molecule has 0 amide bonds. The molecule has 2 aromatic heterocycles. The third kappa shape index (κ3) is 2.99. The lowest BCUT2D eigenvalue weighted by molar-refractivity contribution is 0.595. The van der Waals surface area contributed by atoms with Crippen LogP contribution < -0.4 is 5.32 Å². The summed E-state index contributed by atoms with van der Waals surface area (Å²) in [7, 11) is -2.94. The van der Waals surface area contributed by atoms with E-state index in [-0.39, 0.29) is 11.0 Å². The van der Waals surface area contributed by atoms with Crippen molar-refractivity contribution in [3.05, 3.63) is 48.8 Å². The van der Waals surface area contributed by atoms with Gasteiger partial charge in [-0.25, -0.2) is 18.4 Å². The third-order valence-electron chi connectivity index (χ3n) is 4.16. The van der Waals surface area contributed by atoms with E-state index in [4.69, 9.17) is 0 Å². The molecule has 0 unspecified atom stereocenters. The molecule has 0 radical (unpaired) electrons. The molecule has 1 saturated carbocycles. The molecule has 1 fully saturated rings. The minimum absolute atomic E-state index is 0.115. The summed E-state index contributed by atoms with van der Waals surface area (Å²) in [5.74, 6) is 1.56. The number of rotatable bonds is 6. The Morgan fingerprint density at radius 3 is 2.79 bits per heavy atom. The van der Waals surface area contributed by atoms with E-state index in [0.29, 0.717) is 12.4 Å². The first-order chi connectivity index (χ1) is 11.6. The van der Waals surface area contributed by atoms with Crippen LogP contribution in [0.3, 0.4) is 0 Å². The summed E-state index contributed by atoms with van der Waals surface area (Å²) in [4.78, 5) is 8.93. The molecule has 0 spiro atoms. The van der Waals surface area contributed by atoms with Crippen LogP contribution in [-0.2, 0) is 9.84 Å². The number of pyridine rings is 1. The number of imidazole rings is 1. The number of benzene rings is 1. The van der Waals surface area contributed by atoms with Crippen molar-refractivity contribution in [1.29, 1.82) is 0 Å². The fourth-order valence-electron chi connectivity index (χ4n) is 2.71. The van der Waals surface area contributed by atoms with Crippen molar-refractivity contribution in [2.75, 3.05) is 17.6 Å². The molecule has 3 aromatic rings. The minimum Gasteiger partial charge on any atom is -0.369 e. The average molecular weight is 342 g/mol. The maximum atomic E-state index is 11.9. The summed E-state index contributed by atoms with van der Waals surface area (Å²) >= 11 is 0. The summed E-state index contributed by atoms with van der Waals surface area (Å²) in [6.45, 7) is 0.375. The molecule has 2 heterocycles. The Bertz CT molecular complexity index is 977. The van der Waals surface area contributed by atoms with Gasteiger partial charge in [-0.1, -0.05) is 18.2 Å². The standard InChI is InChI=1S/C17H18N4O2S/c22-24(23,13-8-9-13)11-10-18-16-6-3-7-17(20-16)21-12-19-14-4-1-2-5-15(14)21/h1-7,12-13H,8-11H2,(H,18,20). The van der Waals surface area contributed by atoms with Gasteiger partial charge in [-0.05, 0) is 37.1 Å². The van der Waals surface area contributed by atoms with Crippen molar-refractivity contribution in [1.82, 2.24) is 14.5 Å². The molecular formula is C17H18N4O2S. The van der Waals surface area contributed by atoms with Gasteiger partial charge in [0.25, 0.3) is 0 Å². The van der Waals surface area contributed by atoms with Crippen LogP contribution in [0.5, 0.6) is 0 Å². The van der Waals surface area contributed by atoms with Crippen molar-refractivity contribution in [3.8, 4) is 5.82 Å². The van der Waals surface area contributed by atoms with E-state index in [1.54, 1.807) is 6.33 Å². The van der Waals surface area contributed by atoms with E-state index in [0.717, 1.165) is 29.7 Å². The molecule has 1 aliphatic rings. The van der Waals surface area contributed by atoms with Gasteiger partial charge in [0, 0.05) is 6.54 Å². The molecular weight excluding hydrogens is 324 g/mol. The van der Waals surface area contributed by atoms with E-state index in [2.05, 4.69) is 15.3 Å². The number of sulfone groups is 1. The van der Waals surface area contributed by atoms with Crippen LogP contribution in [0.15, 0.2) is 48.8 Å². The van der Waals surface area contributed by atoms with Crippen molar-refractivity contribution < 1.29 is 8.42 Å². The predicted molar refractivity (Wildman–Crippen MR) is 94.2 cm³/mol. The Hall–Kier alpha value is -2.41. The van der Waals surface area contributed by atoms with E-state index in [1.807, 2.05) is 47.0 Å². The van der Waals surface area contributed by atoms with Crippen molar-refractivity contribution in [3.63, 3.8) is 0 Å². The molecule has 1 aromatic carbocycles. The summed E-state index contributed by atoms with van der Waals surface area (Å²) in [5, 5.41) is 2.99.